The Bertz CT molecular complexity index is 356. The summed E-state index contributed by atoms with van der Waals surface area (Å²) >= 11 is 0. The molecule has 1 heterocycles. The molecule has 1 saturated heterocycles. The standard InChI is InChI=1S/C9H9NO6/c1-15-8(13)4-5-9(14)16-10-6(11)2-3-7(10)12/h4-5H,2-3H2,1H3/b5-4+. The molecule has 0 aromatic rings. The molecule has 0 aliphatic carbocycles. The van der Waals surface area contributed by atoms with Crippen LogP contribution < -0.4 is 0 Å². The van der Waals surface area contributed by atoms with Gasteiger partial charge in [0.15, 0.2) is 0 Å². The molecule has 0 spiro atoms. The molecule has 1 rings (SSSR count). The number of carbonyl (C=O) groups is 4. The van der Waals surface area contributed by atoms with E-state index in [1.165, 1.54) is 0 Å². The highest BCUT2D eigenvalue weighted by Crippen LogP contribution is 2.11. The SMILES string of the molecule is COC(=O)/C=C/C(=O)ON1C(=O)CCC1=O. The van der Waals surface area contributed by atoms with Gasteiger partial charge in [-0.25, -0.2) is 9.59 Å². The average Bonchev–Trinajstić information content (AvgIpc) is 2.57. The van der Waals surface area contributed by atoms with Crippen molar-refractivity contribution < 1.29 is 28.8 Å². The summed E-state index contributed by atoms with van der Waals surface area (Å²) in [5, 5.41) is 0.393. The zero-order valence-corrected chi connectivity index (χ0v) is 8.47. The first-order valence-corrected chi connectivity index (χ1v) is 4.38. The molecular weight excluding hydrogens is 218 g/mol. The minimum atomic E-state index is -0.992. The Morgan fingerprint density at radius 1 is 1.12 bits per heavy atom. The van der Waals surface area contributed by atoms with Crippen molar-refractivity contribution in [2.45, 2.75) is 12.8 Å². The third kappa shape index (κ3) is 2.91. The summed E-state index contributed by atoms with van der Waals surface area (Å²) in [4.78, 5) is 48.2. The van der Waals surface area contributed by atoms with Gasteiger partial charge in [-0.3, -0.25) is 9.59 Å². The molecule has 7 nitrogen and oxygen atoms in total. The maximum Gasteiger partial charge on any atom is 0.357 e. The molecule has 0 bridgehead atoms. The average molecular weight is 227 g/mol. The van der Waals surface area contributed by atoms with E-state index in [2.05, 4.69) is 9.57 Å². The summed E-state index contributed by atoms with van der Waals surface area (Å²) in [6.07, 6.45) is 1.64. The number of esters is 1. The molecule has 0 aromatic carbocycles. The van der Waals surface area contributed by atoms with E-state index in [0.29, 0.717) is 5.06 Å². The van der Waals surface area contributed by atoms with Crippen LogP contribution in [0, 0.1) is 0 Å². The van der Waals surface area contributed by atoms with Gasteiger partial charge in [-0.15, -0.1) is 5.06 Å². The van der Waals surface area contributed by atoms with Crippen LogP contribution in [0.3, 0.4) is 0 Å². The van der Waals surface area contributed by atoms with Crippen molar-refractivity contribution >= 4 is 23.8 Å². The molecule has 0 aromatic heterocycles. The molecule has 0 radical (unpaired) electrons. The summed E-state index contributed by atoms with van der Waals surface area (Å²) in [6.45, 7) is 0. The second-order valence-electron chi connectivity index (χ2n) is 2.85. The second kappa shape index (κ2) is 5.06. The van der Waals surface area contributed by atoms with Gasteiger partial charge < -0.3 is 9.57 Å². The zero-order valence-electron chi connectivity index (χ0n) is 8.47. The van der Waals surface area contributed by atoms with Gasteiger partial charge in [0, 0.05) is 25.0 Å². The Balaban J connectivity index is 2.51. The lowest BCUT2D eigenvalue weighted by atomic mass is 10.4. The van der Waals surface area contributed by atoms with Crippen molar-refractivity contribution in [3.8, 4) is 0 Å². The highest BCUT2D eigenvalue weighted by atomic mass is 16.7. The summed E-state index contributed by atoms with van der Waals surface area (Å²) in [5.74, 6) is -2.89. The molecule has 0 N–H and O–H groups in total. The first-order valence-electron chi connectivity index (χ1n) is 4.38. The molecule has 7 heteroatoms. The number of hydroxylamine groups is 2. The predicted molar refractivity (Wildman–Crippen MR) is 48.3 cm³/mol. The summed E-state index contributed by atoms with van der Waals surface area (Å²) in [7, 11) is 1.14. The maximum atomic E-state index is 11.0. The monoisotopic (exact) mass is 227 g/mol. The lowest BCUT2D eigenvalue weighted by Crippen LogP contribution is -2.31. The third-order valence-corrected chi connectivity index (χ3v) is 1.74. The van der Waals surface area contributed by atoms with E-state index in [0.717, 1.165) is 19.3 Å². The number of ether oxygens (including phenoxy) is 1. The maximum absolute atomic E-state index is 11.0. The lowest BCUT2D eigenvalue weighted by Gasteiger charge is -2.10. The zero-order chi connectivity index (χ0) is 12.1. The summed E-state index contributed by atoms with van der Waals surface area (Å²) < 4.78 is 4.23. The molecule has 16 heavy (non-hydrogen) atoms. The van der Waals surface area contributed by atoms with E-state index in [9.17, 15) is 19.2 Å². The number of amides is 2. The fourth-order valence-electron chi connectivity index (χ4n) is 0.982. The van der Waals surface area contributed by atoms with Gasteiger partial charge in [0.25, 0.3) is 11.8 Å². The van der Waals surface area contributed by atoms with Gasteiger partial charge >= 0.3 is 11.9 Å². The number of methoxy groups -OCH3 is 1. The summed E-state index contributed by atoms with van der Waals surface area (Å²) in [5.41, 5.74) is 0. The molecule has 0 saturated carbocycles. The topological polar surface area (TPSA) is 90.0 Å². The Morgan fingerprint density at radius 3 is 2.12 bits per heavy atom. The minimum Gasteiger partial charge on any atom is -0.466 e. The Labute approximate surface area is 90.6 Å². The predicted octanol–water partition coefficient (Wildman–Crippen LogP) is -0.677. The molecule has 1 fully saturated rings. The van der Waals surface area contributed by atoms with Gasteiger partial charge in [0.05, 0.1) is 7.11 Å². The minimum absolute atomic E-state index is 0.0207. The van der Waals surface area contributed by atoms with Crippen molar-refractivity contribution in [1.82, 2.24) is 5.06 Å². The van der Waals surface area contributed by atoms with E-state index in [1.54, 1.807) is 0 Å². The van der Waals surface area contributed by atoms with E-state index in [1.807, 2.05) is 0 Å². The Hall–Kier alpha value is -2.18. The number of nitrogens with zero attached hydrogens (tertiary/aromatic N) is 1. The van der Waals surface area contributed by atoms with Crippen LogP contribution in [0.2, 0.25) is 0 Å². The van der Waals surface area contributed by atoms with Crippen molar-refractivity contribution in [2.75, 3.05) is 7.11 Å². The molecule has 0 atom stereocenters. The number of hydrogen-bond acceptors (Lipinski definition) is 6. The van der Waals surface area contributed by atoms with E-state index in [4.69, 9.17) is 0 Å². The Morgan fingerprint density at radius 2 is 1.62 bits per heavy atom. The summed E-state index contributed by atoms with van der Waals surface area (Å²) in [6, 6.07) is 0. The van der Waals surface area contributed by atoms with Crippen LogP contribution in [-0.2, 0) is 28.8 Å². The number of rotatable bonds is 3. The third-order valence-electron chi connectivity index (χ3n) is 1.74. The van der Waals surface area contributed by atoms with Crippen LogP contribution in [0.5, 0.6) is 0 Å². The fraction of sp³-hybridized carbons (Fsp3) is 0.333. The largest absolute Gasteiger partial charge is 0.466 e. The van der Waals surface area contributed by atoms with E-state index >= 15 is 0 Å². The highest BCUT2D eigenvalue weighted by Gasteiger charge is 2.32. The van der Waals surface area contributed by atoms with Crippen molar-refractivity contribution in [1.29, 1.82) is 0 Å². The highest BCUT2D eigenvalue weighted by molar-refractivity contribution is 6.02. The number of imide groups is 1. The van der Waals surface area contributed by atoms with Gasteiger partial charge in [-0.2, -0.15) is 0 Å². The van der Waals surface area contributed by atoms with Gasteiger partial charge in [-0.05, 0) is 0 Å². The van der Waals surface area contributed by atoms with Crippen molar-refractivity contribution in [3.63, 3.8) is 0 Å². The van der Waals surface area contributed by atoms with Crippen LogP contribution in [0.25, 0.3) is 0 Å². The van der Waals surface area contributed by atoms with E-state index in [-0.39, 0.29) is 12.8 Å². The molecular formula is C9H9NO6. The normalized spacial score (nSPS) is 15.7. The number of carbonyl (C=O) groups excluding carboxylic acids is 4. The first kappa shape index (κ1) is 11.9. The van der Waals surface area contributed by atoms with Crippen LogP contribution in [-0.4, -0.2) is 35.9 Å². The van der Waals surface area contributed by atoms with Gasteiger partial charge in [0.1, 0.15) is 0 Å². The Kier molecular flexibility index (Phi) is 3.76. The smallest absolute Gasteiger partial charge is 0.357 e. The molecule has 2 amide bonds. The second-order valence-corrected chi connectivity index (χ2v) is 2.85. The van der Waals surface area contributed by atoms with Gasteiger partial charge in [-0.1, -0.05) is 0 Å². The van der Waals surface area contributed by atoms with Crippen molar-refractivity contribution in [2.24, 2.45) is 0 Å². The quantitative estimate of drug-likeness (QED) is 0.360. The molecule has 0 unspecified atom stereocenters. The van der Waals surface area contributed by atoms with Crippen LogP contribution in [0.15, 0.2) is 12.2 Å². The van der Waals surface area contributed by atoms with Gasteiger partial charge in [0.2, 0.25) is 0 Å². The lowest BCUT2D eigenvalue weighted by molar-refractivity contribution is -0.193. The number of hydrogen-bond donors (Lipinski definition) is 0. The molecule has 86 valence electrons. The van der Waals surface area contributed by atoms with E-state index < -0.39 is 23.8 Å². The van der Waals surface area contributed by atoms with Crippen LogP contribution in [0.1, 0.15) is 12.8 Å². The van der Waals surface area contributed by atoms with Crippen molar-refractivity contribution in [3.05, 3.63) is 12.2 Å². The first-order chi connectivity index (χ1) is 7.54. The fourth-order valence-corrected chi connectivity index (χ4v) is 0.982. The molecule has 1 aliphatic heterocycles. The van der Waals surface area contributed by atoms with Crippen LogP contribution in [0.4, 0.5) is 0 Å². The molecule has 1 aliphatic rings. The van der Waals surface area contributed by atoms with Crippen LogP contribution >= 0.6 is 0 Å².